The molecule has 2 heterocycles. The molecule has 158 valence electrons. The van der Waals surface area contributed by atoms with Gasteiger partial charge in [0, 0.05) is 22.7 Å². The summed E-state index contributed by atoms with van der Waals surface area (Å²) < 4.78 is 5.14. The zero-order chi connectivity index (χ0) is 21.4. The largest absolute Gasteiger partial charge is 0.497 e. The molecule has 1 N–H and O–H groups in total. The van der Waals surface area contributed by atoms with Crippen molar-refractivity contribution in [3.05, 3.63) is 70.2 Å². The Balaban J connectivity index is 1.36. The van der Waals surface area contributed by atoms with Crippen molar-refractivity contribution >= 4 is 34.0 Å². The van der Waals surface area contributed by atoms with Crippen molar-refractivity contribution in [2.45, 2.75) is 31.6 Å². The molecule has 0 fully saturated rings. The quantitative estimate of drug-likeness (QED) is 0.661. The molecular weight excluding hydrogens is 410 g/mol. The zero-order valence-electron chi connectivity index (χ0n) is 17.3. The van der Waals surface area contributed by atoms with Crippen LogP contribution in [-0.2, 0) is 17.6 Å². The lowest BCUT2D eigenvalue weighted by Gasteiger charge is -2.26. The predicted molar refractivity (Wildman–Crippen MR) is 121 cm³/mol. The molecule has 2 aromatic carbocycles. The number of nitrogens with zero attached hydrogens (tertiary/aromatic N) is 2. The maximum absolute atomic E-state index is 13.4. The van der Waals surface area contributed by atoms with E-state index < -0.39 is 0 Å². The zero-order valence-corrected chi connectivity index (χ0v) is 18.1. The summed E-state index contributed by atoms with van der Waals surface area (Å²) in [4.78, 5) is 33.8. The van der Waals surface area contributed by atoms with Gasteiger partial charge in [-0.25, -0.2) is 4.98 Å². The minimum atomic E-state index is -0.252. The van der Waals surface area contributed by atoms with Crippen LogP contribution in [-0.4, -0.2) is 30.5 Å². The average Bonchev–Trinajstić information content (AvgIpc) is 3.42. The lowest BCUT2D eigenvalue weighted by molar-refractivity contribution is -0.120. The van der Waals surface area contributed by atoms with Gasteiger partial charge in [-0.05, 0) is 61.6 Å². The number of hydrogen-bond acceptors (Lipinski definition) is 5. The van der Waals surface area contributed by atoms with Crippen LogP contribution in [0.25, 0.3) is 0 Å². The Kier molecular flexibility index (Phi) is 5.19. The molecule has 3 aromatic rings. The van der Waals surface area contributed by atoms with Gasteiger partial charge < -0.3 is 9.64 Å². The summed E-state index contributed by atoms with van der Waals surface area (Å²) in [5.74, 6) is 0.346. The summed E-state index contributed by atoms with van der Waals surface area (Å²) in [7, 11) is 1.59. The highest BCUT2D eigenvalue weighted by molar-refractivity contribution is 7.16. The molecule has 0 saturated carbocycles. The molecule has 1 aromatic heterocycles. The number of hydrogen-bond donors (Lipinski definition) is 1. The Bertz CT molecular complexity index is 1140. The molecule has 6 nitrogen and oxygen atoms in total. The molecule has 0 saturated heterocycles. The Hall–Kier alpha value is -3.19. The number of carbonyl (C=O) groups excluding carboxylic acids is 2. The maximum atomic E-state index is 13.4. The van der Waals surface area contributed by atoms with E-state index in [0.29, 0.717) is 16.4 Å². The molecule has 1 aliphatic carbocycles. The number of anilines is 2. The first kappa shape index (κ1) is 19.8. The normalized spacial score (nSPS) is 17.1. The first-order valence-corrected chi connectivity index (χ1v) is 11.3. The van der Waals surface area contributed by atoms with E-state index in [1.54, 1.807) is 31.4 Å². The van der Waals surface area contributed by atoms with E-state index in [0.717, 1.165) is 48.5 Å². The fourth-order valence-electron chi connectivity index (χ4n) is 4.38. The second-order valence-corrected chi connectivity index (χ2v) is 8.91. The number of ether oxygens (including phenoxy) is 1. The number of benzene rings is 2. The van der Waals surface area contributed by atoms with E-state index in [9.17, 15) is 9.59 Å². The van der Waals surface area contributed by atoms with E-state index in [1.807, 2.05) is 23.1 Å². The third kappa shape index (κ3) is 3.70. The Morgan fingerprint density at radius 3 is 2.74 bits per heavy atom. The van der Waals surface area contributed by atoms with Crippen LogP contribution in [0.5, 0.6) is 5.75 Å². The van der Waals surface area contributed by atoms with Gasteiger partial charge in [-0.1, -0.05) is 18.2 Å². The van der Waals surface area contributed by atoms with Crippen LogP contribution < -0.4 is 15.0 Å². The number of nitrogens with one attached hydrogen (secondary N) is 1. The van der Waals surface area contributed by atoms with Crippen LogP contribution in [0.15, 0.2) is 48.5 Å². The van der Waals surface area contributed by atoms with Crippen molar-refractivity contribution < 1.29 is 14.3 Å². The highest BCUT2D eigenvalue weighted by Crippen LogP contribution is 2.40. The first-order chi connectivity index (χ1) is 15.1. The fraction of sp³-hybridized carbons (Fsp3) is 0.292. The van der Waals surface area contributed by atoms with Gasteiger partial charge in [-0.15, -0.1) is 11.3 Å². The van der Waals surface area contributed by atoms with Crippen LogP contribution in [0, 0.1) is 0 Å². The number of aryl methyl sites for hydroxylation is 1. The second-order valence-electron chi connectivity index (χ2n) is 7.82. The number of carbonyl (C=O) groups is 2. The van der Waals surface area contributed by atoms with Crippen molar-refractivity contribution in [1.29, 1.82) is 0 Å². The van der Waals surface area contributed by atoms with Gasteiger partial charge in [0.05, 0.1) is 18.7 Å². The summed E-state index contributed by atoms with van der Waals surface area (Å²) >= 11 is 1.48. The lowest BCUT2D eigenvalue weighted by Crippen LogP contribution is -2.35. The van der Waals surface area contributed by atoms with Gasteiger partial charge >= 0.3 is 0 Å². The minimum Gasteiger partial charge on any atom is -0.497 e. The first-order valence-electron chi connectivity index (χ1n) is 10.5. The van der Waals surface area contributed by atoms with Crippen LogP contribution in [0.1, 0.15) is 45.3 Å². The standard InChI is InChI=1S/C24H23N3O3S/c1-30-17-11-9-16(10-12-17)22(28)26-24-25-21-18(6-4-8-20(21)31-24)23(29)27-14-13-15-5-2-3-7-19(15)27/h2-3,5,7,9-12,18H,4,6,8,13-14H2,1H3,(H,25,26,28). The SMILES string of the molecule is COc1ccc(C(=O)Nc2nc3c(s2)CCCC3C(=O)N2CCc3ccccc32)cc1. The van der Waals surface area contributed by atoms with Gasteiger partial charge in [0.2, 0.25) is 5.91 Å². The number of rotatable bonds is 4. The molecule has 0 bridgehead atoms. The second kappa shape index (κ2) is 8.15. The molecule has 0 radical (unpaired) electrons. The van der Waals surface area contributed by atoms with E-state index in [-0.39, 0.29) is 17.7 Å². The monoisotopic (exact) mass is 433 g/mol. The minimum absolute atomic E-state index is 0.115. The maximum Gasteiger partial charge on any atom is 0.257 e. The highest BCUT2D eigenvalue weighted by Gasteiger charge is 2.36. The van der Waals surface area contributed by atoms with Crippen LogP contribution in [0.3, 0.4) is 0 Å². The Morgan fingerprint density at radius 1 is 1.13 bits per heavy atom. The number of fused-ring (bicyclic) bond motifs is 2. The van der Waals surface area contributed by atoms with E-state index >= 15 is 0 Å². The summed E-state index contributed by atoms with van der Waals surface area (Å²) in [6, 6.07) is 15.1. The van der Waals surface area contributed by atoms with Gasteiger partial charge in [-0.2, -0.15) is 0 Å². The molecule has 0 spiro atoms. The Morgan fingerprint density at radius 2 is 1.94 bits per heavy atom. The number of thiazole rings is 1. The van der Waals surface area contributed by atoms with Gasteiger partial charge in [0.25, 0.3) is 5.91 Å². The van der Waals surface area contributed by atoms with Crippen LogP contribution >= 0.6 is 11.3 Å². The molecule has 1 unspecified atom stereocenters. The smallest absolute Gasteiger partial charge is 0.257 e. The molecule has 1 atom stereocenters. The molecule has 1 aliphatic heterocycles. The van der Waals surface area contributed by atoms with Crippen molar-refractivity contribution in [3.8, 4) is 5.75 Å². The molecule has 2 aliphatic rings. The van der Waals surface area contributed by atoms with Gasteiger partial charge in [0.15, 0.2) is 5.13 Å². The lowest BCUT2D eigenvalue weighted by atomic mass is 9.90. The summed E-state index contributed by atoms with van der Waals surface area (Å²) in [5, 5.41) is 3.45. The number of amides is 2. The van der Waals surface area contributed by atoms with Crippen molar-refractivity contribution in [2.75, 3.05) is 23.9 Å². The predicted octanol–water partition coefficient (Wildman–Crippen LogP) is 4.41. The fourth-order valence-corrected chi connectivity index (χ4v) is 5.44. The van der Waals surface area contributed by atoms with Crippen molar-refractivity contribution in [2.24, 2.45) is 0 Å². The molecule has 31 heavy (non-hydrogen) atoms. The summed E-state index contributed by atoms with van der Waals surface area (Å²) in [6.45, 7) is 0.717. The summed E-state index contributed by atoms with van der Waals surface area (Å²) in [6.07, 6.45) is 3.53. The average molecular weight is 434 g/mol. The highest BCUT2D eigenvalue weighted by atomic mass is 32.1. The third-order valence-corrected chi connectivity index (χ3v) is 7.02. The van der Waals surface area contributed by atoms with Crippen LogP contribution in [0.4, 0.5) is 10.8 Å². The third-order valence-electron chi connectivity index (χ3n) is 5.98. The number of aromatic nitrogens is 1. The topological polar surface area (TPSA) is 71.5 Å². The molecular formula is C24H23N3O3S. The van der Waals surface area contributed by atoms with E-state index in [4.69, 9.17) is 9.72 Å². The number of para-hydroxylation sites is 1. The summed E-state index contributed by atoms with van der Waals surface area (Å²) in [5.41, 5.74) is 3.60. The van der Waals surface area contributed by atoms with E-state index in [1.165, 1.54) is 16.9 Å². The number of methoxy groups -OCH3 is 1. The molecule has 5 rings (SSSR count). The van der Waals surface area contributed by atoms with E-state index in [2.05, 4.69) is 11.4 Å². The molecule has 2 amide bonds. The molecule has 7 heteroatoms. The van der Waals surface area contributed by atoms with Crippen LogP contribution in [0.2, 0.25) is 0 Å². The Labute approximate surface area is 184 Å². The van der Waals surface area contributed by atoms with Crippen molar-refractivity contribution in [1.82, 2.24) is 4.98 Å². The van der Waals surface area contributed by atoms with Gasteiger partial charge in [0.1, 0.15) is 5.75 Å². The van der Waals surface area contributed by atoms with Crippen molar-refractivity contribution in [3.63, 3.8) is 0 Å². The van der Waals surface area contributed by atoms with Gasteiger partial charge in [-0.3, -0.25) is 14.9 Å².